The van der Waals surface area contributed by atoms with E-state index < -0.39 is 0 Å². The van der Waals surface area contributed by atoms with Gasteiger partial charge in [0.1, 0.15) is 11.6 Å². The number of anilines is 1. The molecule has 0 aromatic carbocycles. The highest BCUT2D eigenvalue weighted by atomic mass is 15.3. The first-order valence-corrected chi connectivity index (χ1v) is 6.05. The third kappa shape index (κ3) is 2.70. The number of hydrogen-bond donors (Lipinski definition) is 0. The Labute approximate surface area is 97.3 Å². The van der Waals surface area contributed by atoms with Gasteiger partial charge in [-0.1, -0.05) is 6.92 Å². The first kappa shape index (κ1) is 11.3. The lowest BCUT2D eigenvalue weighted by Gasteiger charge is -2.33. The van der Waals surface area contributed by atoms with Crippen LogP contribution in [-0.4, -0.2) is 48.1 Å². The summed E-state index contributed by atoms with van der Waals surface area (Å²) in [5, 5.41) is 0. The second-order valence-electron chi connectivity index (χ2n) is 4.37. The van der Waals surface area contributed by atoms with Gasteiger partial charge in [-0.25, -0.2) is 9.97 Å². The van der Waals surface area contributed by atoms with E-state index in [0.29, 0.717) is 0 Å². The Kier molecular flexibility index (Phi) is 3.72. The number of likely N-dealkylation sites (N-methyl/N-ethyl adjacent to an activating group) is 1. The second-order valence-corrected chi connectivity index (χ2v) is 4.37. The lowest BCUT2D eigenvalue weighted by Crippen LogP contribution is -2.44. The maximum atomic E-state index is 4.61. The molecule has 1 saturated heterocycles. The van der Waals surface area contributed by atoms with Crippen molar-refractivity contribution < 1.29 is 0 Å². The summed E-state index contributed by atoms with van der Waals surface area (Å²) < 4.78 is 0. The molecule has 4 heteroatoms. The van der Waals surface area contributed by atoms with Crippen molar-refractivity contribution in [3.8, 4) is 0 Å². The van der Waals surface area contributed by atoms with Gasteiger partial charge in [-0.3, -0.25) is 0 Å². The van der Waals surface area contributed by atoms with E-state index in [1.54, 1.807) is 0 Å². The topological polar surface area (TPSA) is 32.3 Å². The lowest BCUT2D eigenvalue weighted by atomic mass is 10.3. The first-order valence-electron chi connectivity index (χ1n) is 6.05. The van der Waals surface area contributed by atoms with E-state index >= 15 is 0 Å². The standard InChI is InChI=1S/C12H20N4/c1-3-4-11-13-6-5-12(14-11)16-9-7-15(2)8-10-16/h5-6H,3-4,7-10H2,1-2H3. The number of hydrogen-bond acceptors (Lipinski definition) is 4. The van der Waals surface area contributed by atoms with Crippen molar-refractivity contribution in [2.24, 2.45) is 0 Å². The second kappa shape index (κ2) is 5.25. The van der Waals surface area contributed by atoms with Crippen molar-refractivity contribution in [1.29, 1.82) is 0 Å². The van der Waals surface area contributed by atoms with Gasteiger partial charge in [0.25, 0.3) is 0 Å². The van der Waals surface area contributed by atoms with Crippen LogP contribution in [0.3, 0.4) is 0 Å². The molecule has 0 unspecified atom stereocenters. The fourth-order valence-corrected chi connectivity index (χ4v) is 1.94. The molecule has 0 bridgehead atoms. The average Bonchev–Trinajstić information content (AvgIpc) is 2.31. The summed E-state index contributed by atoms with van der Waals surface area (Å²) in [6, 6.07) is 2.02. The van der Waals surface area contributed by atoms with Gasteiger partial charge in [-0.15, -0.1) is 0 Å². The molecule has 0 N–H and O–H groups in total. The van der Waals surface area contributed by atoms with Gasteiger partial charge in [0.2, 0.25) is 0 Å². The van der Waals surface area contributed by atoms with Crippen LogP contribution in [-0.2, 0) is 6.42 Å². The Balaban J connectivity index is 2.05. The normalized spacial score (nSPS) is 17.8. The van der Waals surface area contributed by atoms with Crippen LogP contribution in [0, 0.1) is 0 Å². The summed E-state index contributed by atoms with van der Waals surface area (Å²) in [4.78, 5) is 13.6. The van der Waals surface area contributed by atoms with E-state index in [4.69, 9.17) is 0 Å². The smallest absolute Gasteiger partial charge is 0.132 e. The number of piperazine rings is 1. The largest absolute Gasteiger partial charge is 0.354 e. The Morgan fingerprint density at radius 2 is 2.00 bits per heavy atom. The zero-order valence-electron chi connectivity index (χ0n) is 10.2. The minimum Gasteiger partial charge on any atom is -0.354 e. The molecule has 1 aromatic heterocycles. The van der Waals surface area contributed by atoms with Gasteiger partial charge in [0.05, 0.1) is 0 Å². The molecule has 0 aliphatic carbocycles. The van der Waals surface area contributed by atoms with Crippen molar-refractivity contribution in [3.63, 3.8) is 0 Å². The molecule has 0 radical (unpaired) electrons. The van der Waals surface area contributed by atoms with E-state index in [2.05, 4.69) is 33.7 Å². The molecule has 2 heterocycles. The van der Waals surface area contributed by atoms with Gasteiger partial charge < -0.3 is 9.80 Å². The average molecular weight is 220 g/mol. The highest BCUT2D eigenvalue weighted by Crippen LogP contribution is 2.12. The van der Waals surface area contributed by atoms with E-state index in [1.165, 1.54) is 0 Å². The fraction of sp³-hybridized carbons (Fsp3) is 0.667. The molecular weight excluding hydrogens is 200 g/mol. The van der Waals surface area contributed by atoms with Gasteiger partial charge in [-0.05, 0) is 19.5 Å². The van der Waals surface area contributed by atoms with Crippen molar-refractivity contribution in [2.45, 2.75) is 19.8 Å². The van der Waals surface area contributed by atoms with Crippen molar-refractivity contribution >= 4 is 5.82 Å². The van der Waals surface area contributed by atoms with Crippen LogP contribution in [0.2, 0.25) is 0 Å². The maximum absolute atomic E-state index is 4.61. The SMILES string of the molecule is CCCc1nccc(N2CCN(C)CC2)n1. The van der Waals surface area contributed by atoms with Crippen LogP contribution in [0.25, 0.3) is 0 Å². The summed E-state index contributed by atoms with van der Waals surface area (Å²) in [6.45, 7) is 6.53. The van der Waals surface area contributed by atoms with Crippen LogP contribution in [0.15, 0.2) is 12.3 Å². The highest BCUT2D eigenvalue weighted by molar-refractivity contribution is 5.38. The van der Waals surface area contributed by atoms with E-state index in [1.807, 2.05) is 12.3 Å². The zero-order chi connectivity index (χ0) is 11.4. The number of aryl methyl sites for hydroxylation is 1. The molecule has 4 nitrogen and oxygen atoms in total. The molecule has 16 heavy (non-hydrogen) atoms. The van der Waals surface area contributed by atoms with Crippen molar-refractivity contribution in [2.75, 3.05) is 38.1 Å². The minimum atomic E-state index is 0.971. The van der Waals surface area contributed by atoms with Crippen molar-refractivity contribution in [3.05, 3.63) is 18.1 Å². The molecular formula is C12H20N4. The quantitative estimate of drug-likeness (QED) is 0.765. The molecule has 88 valence electrons. The molecule has 1 aromatic rings. The number of rotatable bonds is 3. The van der Waals surface area contributed by atoms with Gasteiger partial charge in [0.15, 0.2) is 0 Å². The highest BCUT2D eigenvalue weighted by Gasteiger charge is 2.15. The van der Waals surface area contributed by atoms with Crippen LogP contribution in [0.5, 0.6) is 0 Å². The minimum absolute atomic E-state index is 0.971. The monoisotopic (exact) mass is 220 g/mol. The van der Waals surface area contributed by atoms with Gasteiger partial charge >= 0.3 is 0 Å². The molecule has 0 atom stereocenters. The molecule has 0 spiro atoms. The van der Waals surface area contributed by atoms with Crippen LogP contribution >= 0.6 is 0 Å². The molecule has 2 rings (SSSR count). The Morgan fingerprint density at radius 3 is 2.69 bits per heavy atom. The summed E-state index contributed by atoms with van der Waals surface area (Å²) in [7, 11) is 2.17. The predicted molar refractivity (Wildman–Crippen MR) is 65.7 cm³/mol. The summed E-state index contributed by atoms with van der Waals surface area (Å²) in [5.41, 5.74) is 0. The molecule has 1 aliphatic rings. The zero-order valence-corrected chi connectivity index (χ0v) is 10.2. The number of nitrogens with zero attached hydrogens (tertiary/aromatic N) is 4. The van der Waals surface area contributed by atoms with Crippen LogP contribution < -0.4 is 4.90 Å². The first-order chi connectivity index (χ1) is 7.79. The summed E-state index contributed by atoms with van der Waals surface area (Å²) in [5.74, 6) is 2.06. The van der Waals surface area contributed by atoms with Crippen molar-refractivity contribution in [1.82, 2.24) is 14.9 Å². The third-order valence-electron chi connectivity index (χ3n) is 2.99. The summed E-state index contributed by atoms with van der Waals surface area (Å²) in [6.07, 6.45) is 3.96. The maximum Gasteiger partial charge on any atom is 0.132 e. The lowest BCUT2D eigenvalue weighted by molar-refractivity contribution is 0.312. The van der Waals surface area contributed by atoms with Crippen LogP contribution in [0.1, 0.15) is 19.2 Å². The van der Waals surface area contributed by atoms with E-state index in [-0.39, 0.29) is 0 Å². The Hall–Kier alpha value is -1.16. The van der Waals surface area contributed by atoms with Gasteiger partial charge in [0, 0.05) is 38.8 Å². The van der Waals surface area contributed by atoms with E-state index in [0.717, 1.165) is 50.7 Å². The molecule has 1 aliphatic heterocycles. The Morgan fingerprint density at radius 1 is 1.25 bits per heavy atom. The molecule has 1 fully saturated rings. The number of aromatic nitrogens is 2. The van der Waals surface area contributed by atoms with Gasteiger partial charge in [-0.2, -0.15) is 0 Å². The summed E-state index contributed by atoms with van der Waals surface area (Å²) >= 11 is 0. The predicted octanol–water partition coefficient (Wildman–Crippen LogP) is 1.18. The van der Waals surface area contributed by atoms with Crippen LogP contribution in [0.4, 0.5) is 5.82 Å². The molecule has 0 amide bonds. The fourth-order valence-electron chi connectivity index (χ4n) is 1.94. The Bertz CT molecular complexity index is 332. The third-order valence-corrected chi connectivity index (χ3v) is 2.99. The van der Waals surface area contributed by atoms with E-state index in [9.17, 15) is 0 Å². The molecule has 0 saturated carbocycles.